The fraction of sp³-hybridized carbons (Fsp3) is 0.296. The van der Waals surface area contributed by atoms with Gasteiger partial charge in [0.2, 0.25) is 5.91 Å². The summed E-state index contributed by atoms with van der Waals surface area (Å²) in [7, 11) is 1.57. The third-order valence-electron chi connectivity index (χ3n) is 6.17. The van der Waals surface area contributed by atoms with Crippen LogP contribution in [0, 0.1) is 20.8 Å². The molecule has 0 unspecified atom stereocenters. The number of carbonyl (C=O) groups excluding carboxylic acids is 1. The Bertz CT molecular complexity index is 1420. The van der Waals surface area contributed by atoms with Crippen molar-refractivity contribution in [2.75, 3.05) is 12.4 Å². The van der Waals surface area contributed by atoms with Crippen molar-refractivity contribution in [3.05, 3.63) is 81.3 Å². The van der Waals surface area contributed by atoms with Crippen molar-refractivity contribution in [1.82, 2.24) is 14.3 Å². The molecule has 4 rings (SSSR count). The molecule has 2 aromatic carbocycles. The number of anilines is 1. The number of carbonyl (C=O) groups is 1. The van der Waals surface area contributed by atoms with Gasteiger partial charge in [-0.1, -0.05) is 24.3 Å². The number of hydrogen-bond acceptors (Lipinski definition) is 4. The second-order valence-electron chi connectivity index (χ2n) is 8.44. The first-order chi connectivity index (χ1) is 16.3. The predicted molar refractivity (Wildman–Crippen MR) is 135 cm³/mol. The van der Waals surface area contributed by atoms with Crippen LogP contribution in [0.15, 0.2) is 53.3 Å². The van der Waals surface area contributed by atoms with E-state index in [9.17, 15) is 9.59 Å². The Morgan fingerprint density at radius 1 is 1.09 bits per heavy atom. The standard InChI is InChI=1S/C27H30N4O3/c1-6-30-26-25(19(4)29-31(26)20-10-8-7-9-11-20)18(3)21(27(30)33)13-15-24(32)28-22-16-17(2)12-14-23(22)34-5/h7-12,14,16H,6,13,15H2,1-5H3,(H,28,32). The number of para-hydroxylation sites is 1. The van der Waals surface area contributed by atoms with E-state index in [2.05, 4.69) is 5.32 Å². The maximum Gasteiger partial charge on any atom is 0.255 e. The number of nitrogens with one attached hydrogen (secondary N) is 1. The van der Waals surface area contributed by atoms with Crippen molar-refractivity contribution in [3.8, 4) is 11.4 Å². The number of pyridine rings is 1. The summed E-state index contributed by atoms with van der Waals surface area (Å²) in [4.78, 5) is 26.3. The van der Waals surface area contributed by atoms with Gasteiger partial charge in [-0.2, -0.15) is 5.10 Å². The van der Waals surface area contributed by atoms with E-state index >= 15 is 0 Å². The first-order valence-corrected chi connectivity index (χ1v) is 11.5. The molecule has 2 aromatic heterocycles. The molecule has 7 heteroatoms. The molecule has 0 saturated carbocycles. The lowest BCUT2D eigenvalue weighted by Gasteiger charge is -2.15. The quantitative estimate of drug-likeness (QED) is 0.435. The van der Waals surface area contributed by atoms with Gasteiger partial charge in [0.15, 0.2) is 0 Å². The molecular weight excluding hydrogens is 428 g/mol. The highest BCUT2D eigenvalue weighted by Gasteiger charge is 2.21. The minimum Gasteiger partial charge on any atom is -0.495 e. The maximum atomic E-state index is 13.5. The zero-order valence-corrected chi connectivity index (χ0v) is 20.3. The van der Waals surface area contributed by atoms with Crippen molar-refractivity contribution in [1.29, 1.82) is 0 Å². The van der Waals surface area contributed by atoms with Gasteiger partial charge in [0.05, 0.1) is 24.2 Å². The molecule has 7 nitrogen and oxygen atoms in total. The van der Waals surface area contributed by atoms with E-state index in [-0.39, 0.29) is 17.9 Å². The lowest BCUT2D eigenvalue weighted by molar-refractivity contribution is -0.116. The number of fused-ring (bicyclic) bond motifs is 1. The van der Waals surface area contributed by atoms with Crippen LogP contribution in [0.4, 0.5) is 5.69 Å². The maximum absolute atomic E-state index is 13.5. The van der Waals surface area contributed by atoms with E-state index < -0.39 is 0 Å². The van der Waals surface area contributed by atoms with Gasteiger partial charge in [-0.25, -0.2) is 4.68 Å². The minimum absolute atomic E-state index is 0.0782. The van der Waals surface area contributed by atoms with E-state index in [1.54, 1.807) is 11.7 Å². The van der Waals surface area contributed by atoms with Gasteiger partial charge in [0.25, 0.3) is 5.56 Å². The molecule has 0 bridgehead atoms. The number of benzene rings is 2. The number of aromatic nitrogens is 3. The molecule has 1 N–H and O–H groups in total. The third-order valence-corrected chi connectivity index (χ3v) is 6.17. The van der Waals surface area contributed by atoms with Crippen LogP contribution in [0.1, 0.15) is 35.7 Å². The van der Waals surface area contributed by atoms with Crippen LogP contribution >= 0.6 is 0 Å². The lowest BCUT2D eigenvalue weighted by atomic mass is 10.0. The topological polar surface area (TPSA) is 78.2 Å². The van der Waals surface area contributed by atoms with Gasteiger partial charge in [-0.05, 0) is 69.5 Å². The molecule has 0 aliphatic heterocycles. The van der Waals surface area contributed by atoms with Crippen LogP contribution in [0.25, 0.3) is 16.7 Å². The number of ether oxygens (including phenoxy) is 1. The van der Waals surface area contributed by atoms with E-state index in [1.165, 1.54) is 0 Å². The highest BCUT2D eigenvalue weighted by Crippen LogP contribution is 2.27. The summed E-state index contributed by atoms with van der Waals surface area (Å²) in [6.07, 6.45) is 0.533. The van der Waals surface area contributed by atoms with Gasteiger partial charge >= 0.3 is 0 Å². The number of methoxy groups -OCH3 is 1. The molecule has 2 heterocycles. The van der Waals surface area contributed by atoms with Crippen molar-refractivity contribution in [2.45, 2.75) is 47.1 Å². The monoisotopic (exact) mass is 458 g/mol. The smallest absolute Gasteiger partial charge is 0.255 e. The molecular formula is C27H30N4O3. The van der Waals surface area contributed by atoms with Crippen molar-refractivity contribution >= 4 is 22.6 Å². The van der Waals surface area contributed by atoms with Gasteiger partial charge in [-0.3, -0.25) is 14.2 Å². The Hall–Kier alpha value is -3.87. The fourth-order valence-electron chi connectivity index (χ4n) is 4.48. The van der Waals surface area contributed by atoms with Crippen LogP contribution < -0.4 is 15.6 Å². The van der Waals surface area contributed by atoms with E-state index in [0.29, 0.717) is 30.0 Å². The molecule has 0 aliphatic carbocycles. The van der Waals surface area contributed by atoms with Gasteiger partial charge in [-0.15, -0.1) is 0 Å². The molecule has 34 heavy (non-hydrogen) atoms. The molecule has 0 aliphatic rings. The zero-order valence-electron chi connectivity index (χ0n) is 20.3. The zero-order chi connectivity index (χ0) is 24.4. The highest BCUT2D eigenvalue weighted by molar-refractivity contribution is 5.92. The Labute approximate surface area is 199 Å². The van der Waals surface area contributed by atoms with E-state index in [4.69, 9.17) is 9.84 Å². The number of nitrogens with zero attached hydrogens (tertiary/aromatic N) is 3. The molecule has 0 radical (unpaired) electrons. The first kappa shape index (κ1) is 23.3. The summed E-state index contributed by atoms with van der Waals surface area (Å²) < 4.78 is 8.95. The van der Waals surface area contributed by atoms with Crippen LogP contribution in [0.3, 0.4) is 0 Å². The van der Waals surface area contributed by atoms with Crippen LogP contribution in [-0.2, 0) is 17.8 Å². The molecule has 0 atom stereocenters. The Morgan fingerprint density at radius 3 is 2.50 bits per heavy atom. The first-order valence-electron chi connectivity index (χ1n) is 11.5. The van der Waals surface area contributed by atoms with Crippen LogP contribution in [0.5, 0.6) is 5.75 Å². The molecule has 1 amide bonds. The normalized spacial score (nSPS) is 11.1. The van der Waals surface area contributed by atoms with Gasteiger partial charge in [0.1, 0.15) is 11.4 Å². The largest absolute Gasteiger partial charge is 0.495 e. The van der Waals surface area contributed by atoms with Gasteiger partial charge in [0, 0.05) is 23.9 Å². The molecule has 0 saturated heterocycles. The number of aryl methyl sites for hydroxylation is 4. The second-order valence-corrected chi connectivity index (χ2v) is 8.44. The summed E-state index contributed by atoms with van der Waals surface area (Å²) in [6, 6.07) is 15.4. The Morgan fingerprint density at radius 2 is 1.82 bits per heavy atom. The SMILES string of the molecule is CCn1c(=O)c(CCC(=O)Nc2cc(C)ccc2OC)c(C)c2c(C)nn(-c3ccccc3)c21. The number of hydrogen-bond donors (Lipinski definition) is 1. The molecule has 176 valence electrons. The second kappa shape index (κ2) is 9.55. The molecule has 0 spiro atoms. The van der Waals surface area contributed by atoms with Crippen LogP contribution in [0.2, 0.25) is 0 Å². The molecule has 0 fully saturated rings. The summed E-state index contributed by atoms with van der Waals surface area (Å²) in [5, 5.41) is 8.64. The third kappa shape index (κ3) is 4.21. The summed E-state index contributed by atoms with van der Waals surface area (Å²) in [5.74, 6) is 0.441. The fourth-order valence-corrected chi connectivity index (χ4v) is 4.48. The average molecular weight is 459 g/mol. The minimum atomic E-state index is -0.164. The van der Waals surface area contributed by atoms with E-state index in [0.717, 1.165) is 33.5 Å². The van der Waals surface area contributed by atoms with Crippen LogP contribution in [-0.4, -0.2) is 27.4 Å². The summed E-state index contributed by atoms with van der Waals surface area (Å²) in [5.41, 5.74) is 5.65. The van der Waals surface area contributed by atoms with Gasteiger partial charge < -0.3 is 10.1 Å². The number of rotatable bonds is 7. The Kier molecular flexibility index (Phi) is 6.54. The van der Waals surface area contributed by atoms with Crippen molar-refractivity contribution in [3.63, 3.8) is 0 Å². The highest BCUT2D eigenvalue weighted by atomic mass is 16.5. The van der Waals surface area contributed by atoms with Crippen molar-refractivity contribution < 1.29 is 9.53 Å². The average Bonchev–Trinajstić information content (AvgIpc) is 3.17. The predicted octanol–water partition coefficient (Wildman–Crippen LogP) is 4.71. The summed E-state index contributed by atoms with van der Waals surface area (Å²) >= 11 is 0. The summed E-state index contributed by atoms with van der Waals surface area (Å²) in [6.45, 7) is 8.32. The lowest BCUT2D eigenvalue weighted by Crippen LogP contribution is -2.27. The Balaban J connectivity index is 1.69. The number of amides is 1. The van der Waals surface area contributed by atoms with E-state index in [1.807, 2.05) is 80.9 Å². The molecule has 4 aromatic rings. The van der Waals surface area contributed by atoms with Crippen molar-refractivity contribution in [2.24, 2.45) is 0 Å².